The van der Waals surface area contributed by atoms with Crippen LogP contribution in [0.4, 0.5) is 20.7 Å². The average Bonchev–Trinajstić information content (AvgIpc) is 3.15. The molecule has 0 aliphatic carbocycles. The van der Waals surface area contributed by atoms with E-state index >= 15 is 0 Å². The summed E-state index contributed by atoms with van der Waals surface area (Å²) in [4.78, 5) is 39.0. The van der Waals surface area contributed by atoms with Crippen molar-refractivity contribution in [3.05, 3.63) is 40.4 Å². The lowest BCUT2D eigenvalue weighted by Crippen LogP contribution is -2.29. The van der Waals surface area contributed by atoms with E-state index in [1.165, 1.54) is 37.2 Å². The van der Waals surface area contributed by atoms with Gasteiger partial charge in [-0.1, -0.05) is 0 Å². The van der Waals surface area contributed by atoms with E-state index in [-0.39, 0.29) is 53.7 Å². The standard InChI is InChI=1S/C21H23F2N7O4/c1-29-18(32)13-3-4-14(34-8-7-30-6-5-21(22,23)11-30)16(33-2)15(13)27-20(29)28-17(31)12-9-25-19(24)26-10-12/h3-4,9-10H,5-8,11H2,1-2H3,(H2,24,25,26)(H,27,28,31). The Morgan fingerprint density at radius 2 is 2.03 bits per heavy atom. The highest BCUT2D eigenvalue weighted by Crippen LogP contribution is 2.34. The number of nitrogens with two attached hydrogens (primary N) is 1. The number of carbonyl (C=O) groups is 1. The van der Waals surface area contributed by atoms with Crippen LogP contribution < -0.4 is 26.1 Å². The lowest BCUT2D eigenvalue weighted by Gasteiger charge is -2.18. The van der Waals surface area contributed by atoms with Gasteiger partial charge in [-0.3, -0.25) is 24.4 Å². The number of nitrogens with zero attached hydrogens (tertiary/aromatic N) is 5. The summed E-state index contributed by atoms with van der Waals surface area (Å²) in [6.45, 7) is 0.449. The highest BCUT2D eigenvalue weighted by atomic mass is 19.3. The molecule has 0 unspecified atom stereocenters. The van der Waals surface area contributed by atoms with Crippen LogP contribution in [0.2, 0.25) is 0 Å². The maximum absolute atomic E-state index is 13.4. The number of ether oxygens (including phenoxy) is 2. The fourth-order valence-corrected chi connectivity index (χ4v) is 3.63. The van der Waals surface area contributed by atoms with Crippen molar-refractivity contribution in [1.29, 1.82) is 0 Å². The predicted molar refractivity (Wildman–Crippen MR) is 119 cm³/mol. The van der Waals surface area contributed by atoms with Crippen LogP contribution in [0, 0.1) is 0 Å². The molecule has 11 nitrogen and oxygen atoms in total. The van der Waals surface area contributed by atoms with Crippen LogP contribution in [0.1, 0.15) is 16.8 Å². The fourth-order valence-electron chi connectivity index (χ4n) is 3.63. The number of nitrogen functional groups attached to an aromatic ring is 1. The Labute approximate surface area is 192 Å². The Morgan fingerprint density at radius 1 is 1.29 bits per heavy atom. The summed E-state index contributed by atoms with van der Waals surface area (Å²) in [5, 5.41) is 2.81. The average molecular weight is 475 g/mol. The van der Waals surface area contributed by atoms with Gasteiger partial charge in [0.2, 0.25) is 11.9 Å². The van der Waals surface area contributed by atoms with Gasteiger partial charge in [0, 0.05) is 39.0 Å². The topological polar surface area (TPSA) is 137 Å². The number of hydrogen-bond acceptors (Lipinski definition) is 9. The lowest BCUT2D eigenvalue weighted by molar-refractivity contribution is 0.0112. The largest absolute Gasteiger partial charge is 0.491 e. The monoisotopic (exact) mass is 475 g/mol. The third-order valence-electron chi connectivity index (χ3n) is 5.44. The van der Waals surface area contributed by atoms with Gasteiger partial charge < -0.3 is 15.2 Å². The molecule has 1 saturated heterocycles. The second-order valence-corrected chi connectivity index (χ2v) is 7.81. The van der Waals surface area contributed by atoms with Crippen molar-refractivity contribution in [3.8, 4) is 11.5 Å². The molecule has 0 saturated carbocycles. The number of benzene rings is 1. The highest BCUT2D eigenvalue weighted by molar-refractivity contribution is 6.03. The zero-order valence-electron chi connectivity index (χ0n) is 18.5. The molecule has 1 aliphatic heterocycles. The first-order valence-corrected chi connectivity index (χ1v) is 10.4. The van der Waals surface area contributed by atoms with E-state index in [0.29, 0.717) is 18.8 Å². The minimum absolute atomic E-state index is 0.0171. The van der Waals surface area contributed by atoms with E-state index in [1.807, 2.05) is 0 Å². The summed E-state index contributed by atoms with van der Waals surface area (Å²) in [7, 11) is 2.86. The van der Waals surface area contributed by atoms with Gasteiger partial charge in [-0.2, -0.15) is 0 Å². The van der Waals surface area contributed by atoms with Crippen LogP contribution in [0.3, 0.4) is 0 Å². The minimum Gasteiger partial charge on any atom is -0.491 e. The number of hydrogen-bond donors (Lipinski definition) is 2. The van der Waals surface area contributed by atoms with E-state index in [2.05, 4.69) is 20.3 Å². The molecule has 0 radical (unpaired) electrons. The number of nitrogens with one attached hydrogen (secondary N) is 1. The van der Waals surface area contributed by atoms with Gasteiger partial charge in [0.1, 0.15) is 12.1 Å². The molecule has 1 aromatic carbocycles. The van der Waals surface area contributed by atoms with Gasteiger partial charge in [-0.05, 0) is 12.1 Å². The molecule has 13 heteroatoms. The summed E-state index contributed by atoms with van der Waals surface area (Å²) >= 11 is 0. The third-order valence-corrected chi connectivity index (χ3v) is 5.44. The number of likely N-dealkylation sites (tertiary alicyclic amines) is 1. The fraction of sp³-hybridized carbons (Fsp3) is 0.381. The molecule has 0 spiro atoms. The van der Waals surface area contributed by atoms with Crippen molar-refractivity contribution in [2.24, 2.45) is 7.05 Å². The summed E-state index contributed by atoms with van der Waals surface area (Å²) < 4.78 is 39.2. The van der Waals surface area contributed by atoms with Gasteiger partial charge in [-0.25, -0.2) is 23.7 Å². The van der Waals surface area contributed by atoms with Crippen LogP contribution in [-0.2, 0) is 7.05 Å². The first-order chi connectivity index (χ1) is 16.2. The number of carbonyl (C=O) groups excluding carboxylic acids is 1. The normalized spacial score (nSPS) is 15.4. The molecule has 1 aliphatic rings. The molecule has 1 amide bonds. The van der Waals surface area contributed by atoms with Crippen LogP contribution in [0.25, 0.3) is 10.9 Å². The third kappa shape index (κ3) is 4.73. The van der Waals surface area contributed by atoms with Crippen molar-refractivity contribution < 1.29 is 23.0 Å². The number of methoxy groups -OCH3 is 1. The number of alkyl halides is 2. The predicted octanol–water partition coefficient (Wildman–Crippen LogP) is 1.29. The minimum atomic E-state index is -2.68. The Morgan fingerprint density at radius 3 is 2.68 bits per heavy atom. The molecule has 3 N–H and O–H groups in total. The molecule has 34 heavy (non-hydrogen) atoms. The molecule has 2 aromatic heterocycles. The van der Waals surface area contributed by atoms with Gasteiger partial charge in [0.25, 0.3) is 17.4 Å². The van der Waals surface area contributed by atoms with Crippen molar-refractivity contribution in [1.82, 2.24) is 24.4 Å². The van der Waals surface area contributed by atoms with Gasteiger partial charge in [0.15, 0.2) is 11.5 Å². The van der Waals surface area contributed by atoms with E-state index in [9.17, 15) is 18.4 Å². The van der Waals surface area contributed by atoms with Crippen molar-refractivity contribution in [2.75, 3.05) is 44.4 Å². The van der Waals surface area contributed by atoms with Gasteiger partial charge >= 0.3 is 0 Å². The summed E-state index contributed by atoms with van der Waals surface area (Å²) in [6, 6.07) is 3.10. The zero-order valence-corrected chi connectivity index (χ0v) is 18.5. The van der Waals surface area contributed by atoms with Crippen molar-refractivity contribution in [2.45, 2.75) is 12.3 Å². The summed E-state index contributed by atoms with van der Waals surface area (Å²) in [6.07, 6.45) is 2.33. The number of rotatable bonds is 7. The van der Waals surface area contributed by atoms with Crippen molar-refractivity contribution in [3.63, 3.8) is 0 Å². The quantitative estimate of drug-likeness (QED) is 0.518. The molecule has 0 bridgehead atoms. The Bertz CT molecular complexity index is 1280. The molecule has 1 fully saturated rings. The number of anilines is 2. The smallest absolute Gasteiger partial charge is 0.262 e. The van der Waals surface area contributed by atoms with Crippen LogP contribution in [-0.4, -0.2) is 69.6 Å². The molecule has 0 atom stereocenters. The SMILES string of the molecule is COc1c(OCCN2CCC(F)(F)C2)ccc2c(=O)n(C)c(NC(=O)c3cnc(N)nc3)nc12. The molecule has 4 rings (SSSR count). The zero-order chi connectivity index (χ0) is 24.5. The Balaban J connectivity index is 1.59. The molecule has 3 heterocycles. The number of aromatic nitrogens is 4. The van der Waals surface area contributed by atoms with E-state index in [4.69, 9.17) is 15.2 Å². The maximum atomic E-state index is 13.4. The van der Waals surface area contributed by atoms with Crippen LogP contribution in [0.15, 0.2) is 29.3 Å². The summed E-state index contributed by atoms with van der Waals surface area (Å²) in [5.74, 6) is -2.79. The number of fused-ring (bicyclic) bond motifs is 1. The van der Waals surface area contributed by atoms with E-state index < -0.39 is 17.4 Å². The van der Waals surface area contributed by atoms with Crippen molar-refractivity contribution >= 4 is 28.7 Å². The molecule has 3 aromatic rings. The molecule has 180 valence electrons. The highest BCUT2D eigenvalue weighted by Gasteiger charge is 2.37. The number of amides is 1. The Kier molecular flexibility index (Phi) is 6.28. The Hall–Kier alpha value is -3.87. The second-order valence-electron chi connectivity index (χ2n) is 7.81. The number of halogens is 2. The molecular weight excluding hydrogens is 452 g/mol. The van der Waals surface area contributed by atoms with Crippen LogP contribution in [0.5, 0.6) is 11.5 Å². The summed E-state index contributed by atoms with van der Waals surface area (Å²) in [5.41, 5.74) is 5.33. The van der Waals surface area contributed by atoms with Gasteiger partial charge in [-0.15, -0.1) is 0 Å². The maximum Gasteiger partial charge on any atom is 0.262 e. The van der Waals surface area contributed by atoms with Gasteiger partial charge in [0.05, 0.1) is 24.6 Å². The molecular formula is C21H23F2N7O4. The first kappa shape index (κ1) is 23.3. The second kappa shape index (κ2) is 9.17. The first-order valence-electron chi connectivity index (χ1n) is 10.4. The van der Waals surface area contributed by atoms with Crippen LogP contribution >= 0.6 is 0 Å². The lowest BCUT2D eigenvalue weighted by atomic mass is 10.2. The van der Waals surface area contributed by atoms with E-state index in [1.54, 1.807) is 11.0 Å². The van der Waals surface area contributed by atoms with E-state index in [0.717, 1.165) is 0 Å².